The summed E-state index contributed by atoms with van der Waals surface area (Å²) < 4.78 is 28.7. The predicted octanol–water partition coefficient (Wildman–Crippen LogP) is 2.14. The number of hydrogen-bond acceptors (Lipinski definition) is 4. The molecule has 1 aromatic heterocycles. The van der Waals surface area contributed by atoms with Crippen molar-refractivity contribution in [3.63, 3.8) is 0 Å². The van der Waals surface area contributed by atoms with Gasteiger partial charge in [0.15, 0.2) is 0 Å². The summed E-state index contributed by atoms with van der Waals surface area (Å²) in [6.45, 7) is 4.09. The van der Waals surface area contributed by atoms with Crippen LogP contribution in [0.5, 0.6) is 0 Å². The molecule has 0 amide bonds. The van der Waals surface area contributed by atoms with Gasteiger partial charge in [-0.2, -0.15) is 0 Å². The minimum absolute atomic E-state index is 0.0249. The molecule has 96 valence electrons. The molecule has 5 nitrogen and oxygen atoms in total. The van der Waals surface area contributed by atoms with Gasteiger partial charge in [0.2, 0.25) is 5.95 Å². The van der Waals surface area contributed by atoms with Crippen LogP contribution in [0.4, 0.5) is 14.7 Å². The molecular weight excluding hydrogens is 240 g/mol. The number of hydrogen-bond donors (Lipinski definition) is 1. The maximum atomic E-state index is 13.6. The summed E-state index contributed by atoms with van der Waals surface area (Å²) in [5.74, 6) is -0.802. The highest BCUT2D eigenvalue weighted by Gasteiger charge is 2.17. The second-order valence-corrected chi connectivity index (χ2v) is 3.82. The fourth-order valence-electron chi connectivity index (χ4n) is 1.71. The highest BCUT2D eigenvalue weighted by molar-refractivity contribution is 5.32. The predicted molar refractivity (Wildman–Crippen MR) is 61.9 cm³/mol. The molecule has 1 heterocycles. The second kappa shape index (κ2) is 5.07. The molecule has 0 spiro atoms. The van der Waals surface area contributed by atoms with E-state index in [9.17, 15) is 8.78 Å². The fourth-order valence-corrected chi connectivity index (χ4v) is 1.71. The van der Waals surface area contributed by atoms with Crippen molar-refractivity contribution >= 4 is 5.95 Å². The van der Waals surface area contributed by atoms with Gasteiger partial charge < -0.3 is 5.32 Å². The molecule has 2 rings (SSSR count). The molecule has 0 saturated heterocycles. The van der Waals surface area contributed by atoms with Crippen molar-refractivity contribution in [2.75, 3.05) is 5.32 Å². The van der Waals surface area contributed by atoms with Crippen molar-refractivity contribution in [3.8, 4) is 0 Å². The number of benzene rings is 1. The number of aromatic nitrogens is 4. The zero-order valence-electron chi connectivity index (χ0n) is 10.1. The summed E-state index contributed by atoms with van der Waals surface area (Å²) in [4.78, 5) is 0. The first-order valence-electron chi connectivity index (χ1n) is 5.60. The molecule has 0 unspecified atom stereocenters. The van der Waals surface area contributed by atoms with E-state index in [0.29, 0.717) is 12.5 Å². The van der Waals surface area contributed by atoms with Gasteiger partial charge in [-0.05, 0) is 36.4 Å². The van der Waals surface area contributed by atoms with Crippen LogP contribution in [0.25, 0.3) is 0 Å². The Morgan fingerprint density at radius 2 is 2.00 bits per heavy atom. The Kier molecular flexibility index (Phi) is 3.50. The standard InChI is InChI=1S/C11H13F2N5/c1-3-18-11(15-16-17-18)14-7(2)10-8(12)5-4-6-9(10)13/h4-7H,3H2,1-2H3,(H,14,15,17)/t7-/m0/s1. The van der Waals surface area contributed by atoms with E-state index in [-0.39, 0.29) is 5.56 Å². The molecule has 7 heteroatoms. The van der Waals surface area contributed by atoms with Gasteiger partial charge in [0, 0.05) is 12.1 Å². The third-order valence-corrected chi connectivity index (χ3v) is 2.61. The molecular formula is C11H13F2N5. The SMILES string of the molecule is CCn1nnnc1N[C@@H](C)c1c(F)cccc1F. The van der Waals surface area contributed by atoms with Gasteiger partial charge in [0.1, 0.15) is 11.6 Å². The smallest absolute Gasteiger partial charge is 0.243 e. The van der Waals surface area contributed by atoms with Crippen molar-refractivity contribution < 1.29 is 8.78 Å². The normalized spacial score (nSPS) is 12.4. The first-order chi connectivity index (χ1) is 8.63. The highest BCUT2D eigenvalue weighted by atomic mass is 19.1. The third kappa shape index (κ3) is 2.29. The fraction of sp³-hybridized carbons (Fsp3) is 0.364. The molecule has 0 aliphatic rings. The Bertz CT molecular complexity index is 520. The topological polar surface area (TPSA) is 55.6 Å². The van der Waals surface area contributed by atoms with E-state index in [4.69, 9.17) is 0 Å². The van der Waals surface area contributed by atoms with Gasteiger partial charge in [0.25, 0.3) is 0 Å². The lowest BCUT2D eigenvalue weighted by Gasteiger charge is -2.15. The van der Waals surface area contributed by atoms with Crippen molar-refractivity contribution in [1.82, 2.24) is 20.2 Å². The van der Waals surface area contributed by atoms with Crippen LogP contribution in [0.2, 0.25) is 0 Å². The number of tetrazole rings is 1. The summed E-state index contributed by atoms with van der Waals surface area (Å²) in [6.07, 6.45) is 0. The molecule has 0 fully saturated rings. The minimum Gasteiger partial charge on any atom is -0.346 e. The monoisotopic (exact) mass is 253 g/mol. The number of halogens is 2. The Morgan fingerprint density at radius 3 is 2.61 bits per heavy atom. The lowest BCUT2D eigenvalue weighted by molar-refractivity contribution is 0.541. The van der Waals surface area contributed by atoms with Crippen molar-refractivity contribution in [2.24, 2.45) is 0 Å². The van der Waals surface area contributed by atoms with Crippen LogP contribution >= 0.6 is 0 Å². The number of aryl methyl sites for hydroxylation is 1. The van der Waals surface area contributed by atoms with E-state index in [1.165, 1.54) is 22.9 Å². The molecule has 1 atom stereocenters. The highest BCUT2D eigenvalue weighted by Crippen LogP contribution is 2.23. The zero-order chi connectivity index (χ0) is 13.1. The van der Waals surface area contributed by atoms with Crippen LogP contribution in [-0.4, -0.2) is 20.2 Å². The Labute approximate surface area is 103 Å². The average Bonchev–Trinajstić information content (AvgIpc) is 2.76. The summed E-state index contributed by atoms with van der Waals surface area (Å²) in [5, 5.41) is 13.9. The summed E-state index contributed by atoms with van der Waals surface area (Å²) in [6, 6.07) is 3.21. The van der Waals surface area contributed by atoms with Crippen LogP contribution in [0.1, 0.15) is 25.5 Å². The average molecular weight is 253 g/mol. The lowest BCUT2D eigenvalue weighted by atomic mass is 10.1. The summed E-state index contributed by atoms with van der Waals surface area (Å²) >= 11 is 0. The molecule has 0 saturated carbocycles. The number of anilines is 1. The van der Waals surface area contributed by atoms with Crippen LogP contribution in [0.15, 0.2) is 18.2 Å². The van der Waals surface area contributed by atoms with Crippen LogP contribution in [0.3, 0.4) is 0 Å². The van der Waals surface area contributed by atoms with Crippen LogP contribution < -0.4 is 5.32 Å². The van der Waals surface area contributed by atoms with Crippen LogP contribution in [-0.2, 0) is 6.54 Å². The van der Waals surface area contributed by atoms with Gasteiger partial charge in [0.05, 0.1) is 6.04 Å². The van der Waals surface area contributed by atoms with E-state index in [0.717, 1.165) is 0 Å². The van der Waals surface area contributed by atoms with E-state index in [1.807, 2.05) is 6.92 Å². The minimum atomic E-state index is -0.592. The van der Waals surface area contributed by atoms with Gasteiger partial charge in [-0.15, -0.1) is 0 Å². The van der Waals surface area contributed by atoms with Gasteiger partial charge in [-0.1, -0.05) is 11.2 Å². The molecule has 1 N–H and O–H groups in total. The molecule has 0 aliphatic carbocycles. The Hall–Kier alpha value is -2.05. The molecule has 1 aromatic carbocycles. The van der Waals surface area contributed by atoms with Crippen LogP contribution in [0, 0.1) is 11.6 Å². The first-order valence-corrected chi connectivity index (χ1v) is 5.60. The summed E-state index contributed by atoms with van der Waals surface area (Å²) in [5.41, 5.74) is -0.0249. The van der Waals surface area contributed by atoms with Crippen molar-refractivity contribution in [2.45, 2.75) is 26.4 Å². The lowest BCUT2D eigenvalue weighted by Crippen LogP contribution is -2.14. The molecule has 0 aliphatic heterocycles. The van der Waals surface area contributed by atoms with E-state index < -0.39 is 17.7 Å². The molecule has 2 aromatic rings. The van der Waals surface area contributed by atoms with Crippen molar-refractivity contribution in [1.29, 1.82) is 0 Å². The largest absolute Gasteiger partial charge is 0.346 e. The van der Waals surface area contributed by atoms with E-state index in [2.05, 4.69) is 20.8 Å². The second-order valence-electron chi connectivity index (χ2n) is 3.82. The maximum Gasteiger partial charge on any atom is 0.243 e. The molecule has 0 bridgehead atoms. The maximum absolute atomic E-state index is 13.6. The van der Waals surface area contributed by atoms with Gasteiger partial charge >= 0.3 is 0 Å². The molecule has 0 radical (unpaired) electrons. The number of nitrogens with one attached hydrogen (secondary N) is 1. The van der Waals surface area contributed by atoms with E-state index in [1.54, 1.807) is 6.92 Å². The number of rotatable bonds is 4. The molecule has 18 heavy (non-hydrogen) atoms. The zero-order valence-corrected chi connectivity index (χ0v) is 10.1. The summed E-state index contributed by atoms with van der Waals surface area (Å²) in [7, 11) is 0. The van der Waals surface area contributed by atoms with Crippen molar-refractivity contribution in [3.05, 3.63) is 35.4 Å². The Morgan fingerprint density at radius 1 is 1.33 bits per heavy atom. The van der Waals surface area contributed by atoms with Gasteiger partial charge in [-0.25, -0.2) is 13.5 Å². The third-order valence-electron chi connectivity index (χ3n) is 2.61. The van der Waals surface area contributed by atoms with E-state index >= 15 is 0 Å². The quantitative estimate of drug-likeness (QED) is 0.907. The Balaban J connectivity index is 2.25. The van der Waals surface area contributed by atoms with Gasteiger partial charge in [-0.3, -0.25) is 0 Å². The number of nitrogens with zero attached hydrogens (tertiary/aromatic N) is 4. The first kappa shape index (κ1) is 12.4.